The summed E-state index contributed by atoms with van der Waals surface area (Å²) >= 11 is 1.51. The van der Waals surface area contributed by atoms with Crippen molar-refractivity contribution in [1.82, 2.24) is 9.62 Å². The Bertz CT molecular complexity index is 480. The molecule has 0 spiro atoms. The van der Waals surface area contributed by atoms with Crippen molar-refractivity contribution in [2.24, 2.45) is 0 Å². The van der Waals surface area contributed by atoms with Crippen LogP contribution in [0.25, 0.3) is 0 Å². The molecule has 0 unspecified atom stereocenters. The number of hydrogen-bond acceptors (Lipinski definition) is 4. The number of thiophene rings is 1. The van der Waals surface area contributed by atoms with Crippen molar-refractivity contribution in [2.45, 2.75) is 38.6 Å². The molecule has 1 N–H and O–H groups in total. The molecule has 0 aliphatic heterocycles. The summed E-state index contributed by atoms with van der Waals surface area (Å²) in [6.45, 7) is 7.85. The van der Waals surface area contributed by atoms with Crippen LogP contribution in [0.5, 0.6) is 0 Å². The number of nitrogens with one attached hydrogen (secondary N) is 1. The van der Waals surface area contributed by atoms with E-state index in [1.54, 1.807) is 7.05 Å². The Labute approximate surface area is 114 Å². The molecule has 1 aromatic rings. The van der Waals surface area contributed by atoms with Crippen LogP contribution in [0.1, 0.15) is 30.7 Å². The first-order valence-corrected chi connectivity index (χ1v) is 8.51. The third-order valence-corrected chi connectivity index (χ3v) is 6.05. The van der Waals surface area contributed by atoms with Gasteiger partial charge in [-0.15, -0.1) is 11.3 Å². The lowest BCUT2D eigenvalue weighted by Crippen LogP contribution is -2.29. The summed E-state index contributed by atoms with van der Waals surface area (Å²) in [6.07, 6.45) is 0.821. The minimum Gasteiger partial charge on any atom is -0.312 e. The normalized spacial score (nSPS) is 12.3. The fourth-order valence-corrected chi connectivity index (χ4v) is 4.77. The van der Waals surface area contributed by atoms with Gasteiger partial charge in [-0.1, -0.05) is 13.8 Å². The molecule has 0 aliphatic carbocycles. The van der Waals surface area contributed by atoms with Crippen molar-refractivity contribution in [1.29, 1.82) is 0 Å². The first kappa shape index (κ1) is 15.6. The molecule has 1 rings (SSSR count). The van der Waals surface area contributed by atoms with Crippen molar-refractivity contribution < 1.29 is 8.42 Å². The minimum atomic E-state index is -3.35. The van der Waals surface area contributed by atoms with Crippen LogP contribution in [0.4, 0.5) is 0 Å². The molecule has 0 aromatic carbocycles. The Morgan fingerprint density at radius 1 is 1.39 bits per heavy atom. The predicted octanol–water partition coefficient (Wildman–Crippen LogP) is 2.20. The molecule has 0 saturated carbocycles. The lowest BCUT2D eigenvalue weighted by Gasteiger charge is -2.17. The van der Waals surface area contributed by atoms with E-state index in [-0.39, 0.29) is 0 Å². The standard InChI is InChI=1S/C12H22N2O2S2/c1-5-7-14(4)18(15,16)12-10(3)9-17-11(12)8-13-6-2/h9,13H,5-8H2,1-4H3. The zero-order valence-corrected chi connectivity index (χ0v) is 13.1. The summed E-state index contributed by atoms with van der Waals surface area (Å²) in [7, 11) is -1.70. The first-order valence-electron chi connectivity index (χ1n) is 6.19. The Hall–Kier alpha value is -0.430. The number of nitrogens with zero attached hydrogens (tertiary/aromatic N) is 1. The summed E-state index contributed by atoms with van der Waals surface area (Å²) in [5.41, 5.74) is 0.843. The fourth-order valence-electron chi connectivity index (χ4n) is 1.79. The molecule has 0 saturated heterocycles. The van der Waals surface area contributed by atoms with E-state index in [2.05, 4.69) is 5.32 Å². The van der Waals surface area contributed by atoms with Crippen LogP contribution in [-0.4, -0.2) is 32.9 Å². The van der Waals surface area contributed by atoms with Crippen LogP contribution in [0.2, 0.25) is 0 Å². The maximum absolute atomic E-state index is 12.5. The van der Waals surface area contributed by atoms with Crippen LogP contribution >= 0.6 is 11.3 Å². The predicted molar refractivity (Wildman–Crippen MR) is 76.5 cm³/mol. The average molecular weight is 290 g/mol. The topological polar surface area (TPSA) is 49.4 Å². The molecule has 0 fully saturated rings. The van der Waals surface area contributed by atoms with Gasteiger partial charge in [-0.3, -0.25) is 0 Å². The zero-order valence-electron chi connectivity index (χ0n) is 11.5. The van der Waals surface area contributed by atoms with Gasteiger partial charge < -0.3 is 5.32 Å². The van der Waals surface area contributed by atoms with Gasteiger partial charge in [0.05, 0.1) is 0 Å². The van der Waals surface area contributed by atoms with E-state index in [9.17, 15) is 8.42 Å². The maximum atomic E-state index is 12.5. The molecule has 18 heavy (non-hydrogen) atoms. The van der Waals surface area contributed by atoms with E-state index in [0.717, 1.165) is 23.4 Å². The average Bonchev–Trinajstić information content (AvgIpc) is 2.68. The van der Waals surface area contributed by atoms with Gasteiger partial charge in [0.2, 0.25) is 10.0 Å². The Morgan fingerprint density at radius 2 is 2.06 bits per heavy atom. The summed E-state index contributed by atoms with van der Waals surface area (Å²) in [4.78, 5) is 1.39. The molecule has 0 bridgehead atoms. The zero-order chi connectivity index (χ0) is 13.8. The maximum Gasteiger partial charge on any atom is 0.244 e. The summed E-state index contributed by atoms with van der Waals surface area (Å²) < 4.78 is 26.4. The van der Waals surface area contributed by atoms with E-state index in [4.69, 9.17) is 0 Å². The van der Waals surface area contributed by atoms with Crippen molar-refractivity contribution in [3.63, 3.8) is 0 Å². The molecule has 104 valence electrons. The smallest absolute Gasteiger partial charge is 0.244 e. The third kappa shape index (κ3) is 3.32. The molecule has 6 heteroatoms. The van der Waals surface area contributed by atoms with Crippen molar-refractivity contribution in [3.8, 4) is 0 Å². The summed E-state index contributed by atoms with van der Waals surface area (Å²) in [6, 6.07) is 0. The second-order valence-corrected chi connectivity index (χ2v) is 7.22. The molecular weight excluding hydrogens is 268 g/mol. The van der Waals surface area contributed by atoms with Crippen LogP contribution in [0, 0.1) is 6.92 Å². The van der Waals surface area contributed by atoms with E-state index in [0.29, 0.717) is 18.0 Å². The lowest BCUT2D eigenvalue weighted by molar-refractivity contribution is 0.467. The third-order valence-electron chi connectivity index (χ3n) is 2.73. The largest absolute Gasteiger partial charge is 0.312 e. The highest BCUT2D eigenvalue weighted by Gasteiger charge is 2.26. The molecule has 0 atom stereocenters. The number of sulfonamides is 1. The highest BCUT2D eigenvalue weighted by atomic mass is 32.2. The SMILES string of the molecule is CCCN(C)S(=O)(=O)c1c(C)csc1CNCC. The lowest BCUT2D eigenvalue weighted by atomic mass is 10.3. The molecule has 1 heterocycles. The van der Waals surface area contributed by atoms with Crippen LogP contribution in [0.15, 0.2) is 10.3 Å². The van der Waals surface area contributed by atoms with Gasteiger partial charge in [0.25, 0.3) is 0 Å². The summed E-state index contributed by atoms with van der Waals surface area (Å²) in [5, 5.41) is 5.10. The monoisotopic (exact) mass is 290 g/mol. The quantitative estimate of drug-likeness (QED) is 0.837. The Morgan fingerprint density at radius 3 is 2.61 bits per heavy atom. The minimum absolute atomic E-state index is 0.490. The fraction of sp³-hybridized carbons (Fsp3) is 0.667. The number of aryl methyl sites for hydroxylation is 1. The van der Waals surface area contributed by atoms with Crippen molar-refractivity contribution >= 4 is 21.4 Å². The van der Waals surface area contributed by atoms with Crippen LogP contribution < -0.4 is 5.32 Å². The highest BCUT2D eigenvalue weighted by molar-refractivity contribution is 7.89. The van der Waals surface area contributed by atoms with Gasteiger partial charge in [-0.2, -0.15) is 0 Å². The second kappa shape index (κ2) is 6.65. The number of hydrogen-bond donors (Lipinski definition) is 1. The van der Waals surface area contributed by atoms with Crippen LogP contribution in [0.3, 0.4) is 0 Å². The second-order valence-electron chi connectivity index (χ2n) is 4.28. The van der Waals surface area contributed by atoms with Crippen LogP contribution in [-0.2, 0) is 16.6 Å². The van der Waals surface area contributed by atoms with Gasteiger partial charge in [-0.05, 0) is 30.8 Å². The molecule has 0 aliphatic rings. The van der Waals surface area contributed by atoms with E-state index < -0.39 is 10.0 Å². The number of rotatable bonds is 7. The van der Waals surface area contributed by atoms with Gasteiger partial charge in [0.15, 0.2) is 0 Å². The van der Waals surface area contributed by atoms with Crippen molar-refractivity contribution in [3.05, 3.63) is 15.8 Å². The van der Waals surface area contributed by atoms with E-state index in [1.165, 1.54) is 15.6 Å². The molecular formula is C12H22N2O2S2. The first-order chi connectivity index (χ1) is 8.45. The molecule has 4 nitrogen and oxygen atoms in total. The van der Waals surface area contributed by atoms with Gasteiger partial charge in [-0.25, -0.2) is 12.7 Å². The summed E-state index contributed by atoms with van der Waals surface area (Å²) in [5.74, 6) is 0. The Kier molecular flexibility index (Phi) is 5.78. The van der Waals surface area contributed by atoms with E-state index >= 15 is 0 Å². The van der Waals surface area contributed by atoms with Crippen molar-refractivity contribution in [2.75, 3.05) is 20.1 Å². The van der Waals surface area contributed by atoms with Gasteiger partial charge in [0, 0.05) is 25.0 Å². The Balaban J connectivity index is 3.10. The van der Waals surface area contributed by atoms with Gasteiger partial charge >= 0.3 is 0 Å². The molecule has 1 aromatic heterocycles. The van der Waals surface area contributed by atoms with Gasteiger partial charge in [0.1, 0.15) is 4.90 Å². The molecule has 0 radical (unpaired) electrons. The highest BCUT2D eigenvalue weighted by Crippen LogP contribution is 2.29. The van der Waals surface area contributed by atoms with E-state index in [1.807, 2.05) is 26.2 Å². The molecule has 0 amide bonds.